The molecule has 106 valence electrons. The summed E-state index contributed by atoms with van der Waals surface area (Å²) in [4.78, 5) is 25.6. The maximum absolute atomic E-state index is 12.0. The number of nitrogens with one attached hydrogen (secondary N) is 1. The average molecular weight is 274 g/mol. The molecule has 1 N–H and O–H groups in total. The molecule has 5 heteroatoms. The molecule has 0 atom stereocenters. The summed E-state index contributed by atoms with van der Waals surface area (Å²) >= 11 is 0. The quantitative estimate of drug-likeness (QED) is 0.893. The van der Waals surface area contributed by atoms with Crippen molar-refractivity contribution in [2.75, 3.05) is 26.2 Å². The van der Waals surface area contributed by atoms with E-state index in [9.17, 15) is 9.59 Å². The van der Waals surface area contributed by atoms with Gasteiger partial charge in [0.25, 0.3) is 11.8 Å². The highest BCUT2D eigenvalue weighted by Crippen LogP contribution is 2.25. The van der Waals surface area contributed by atoms with Crippen LogP contribution in [0.4, 0.5) is 0 Å². The van der Waals surface area contributed by atoms with E-state index in [1.807, 2.05) is 11.0 Å². The van der Waals surface area contributed by atoms with Crippen LogP contribution >= 0.6 is 0 Å². The smallest absolute Gasteiger partial charge is 0.260 e. The Bertz CT molecular complexity index is 536. The molecular weight excluding hydrogens is 256 g/mol. The fourth-order valence-electron chi connectivity index (χ4n) is 2.77. The SMILES string of the molecule is O=C1NCCc2c(OCC(=O)N3CCCC3)cccc21. The number of hydrogen-bond acceptors (Lipinski definition) is 3. The number of carbonyl (C=O) groups is 2. The predicted octanol–water partition coefficient (Wildman–Crippen LogP) is 0.974. The number of amides is 2. The van der Waals surface area contributed by atoms with Gasteiger partial charge in [-0.2, -0.15) is 0 Å². The van der Waals surface area contributed by atoms with Crippen LogP contribution in [0, 0.1) is 0 Å². The lowest BCUT2D eigenvalue weighted by Crippen LogP contribution is -2.34. The van der Waals surface area contributed by atoms with Crippen molar-refractivity contribution in [3.05, 3.63) is 29.3 Å². The van der Waals surface area contributed by atoms with Crippen molar-refractivity contribution in [2.45, 2.75) is 19.3 Å². The highest BCUT2D eigenvalue weighted by Gasteiger charge is 2.22. The first kappa shape index (κ1) is 13.0. The van der Waals surface area contributed by atoms with Crippen molar-refractivity contribution >= 4 is 11.8 Å². The summed E-state index contributed by atoms with van der Waals surface area (Å²) < 4.78 is 5.66. The molecule has 2 heterocycles. The van der Waals surface area contributed by atoms with Crippen LogP contribution in [0.15, 0.2) is 18.2 Å². The Balaban J connectivity index is 1.70. The maximum Gasteiger partial charge on any atom is 0.260 e. The van der Waals surface area contributed by atoms with Gasteiger partial charge in [-0.3, -0.25) is 9.59 Å². The first-order chi connectivity index (χ1) is 9.75. The Morgan fingerprint density at radius 2 is 2.10 bits per heavy atom. The summed E-state index contributed by atoms with van der Waals surface area (Å²) in [6.45, 7) is 2.33. The Morgan fingerprint density at radius 1 is 1.30 bits per heavy atom. The molecule has 1 fully saturated rings. The van der Waals surface area contributed by atoms with Gasteiger partial charge in [-0.1, -0.05) is 6.07 Å². The molecule has 0 aliphatic carbocycles. The van der Waals surface area contributed by atoms with Crippen molar-refractivity contribution in [1.82, 2.24) is 10.2 Å². The standard InChI is InChI=1S/C15H18N2O3/c18-14(17-8-1-2-9-17)10-20-13-5-3-4-12-11(13)6-7-16-15(12)19/h3-5H,1-2,6-10H2,(H,16,19). The molecule has 5 nitrogen and oxygen atoms in total. The van der Waals surface area contributed by atoms with E-state index in [1.54, 1.807) is 12.1 Å². The zero-order valence-corrected chi connectivity index (χ0v) is 11.4. The Morgan fingerprint density at radius 3 is 2.90 bits per heavy atom. The van der Waals surface area contributed by atoms with E-state index in [-0.39, 0.29) is 18.4 Å². The Labute approximate surface area is 117 Å². The summed E-state index contributed by atoms with van der Waals surface area (Å²) in [6, 6.07) is 5.41. The lowest BCUT2D eigenvalue weighted by Gasteiger charge is -2.20. The van der Waals surface area contributed by atoms with Gasteiger partial charge in [0.2, 0.25) is 0 Å². The van der Waals surface area contributed by atoms with Crippen molar-refractivity contribution in [3.8, 4) is 5.75 Å². The monoisotopic (exact) mass is 274 g/mol. The summed E-state index contributed by atoms with van der Waals surface area (Å²) in [7, 11) is 0. The first-order valence-corrected chi connectivity index (χ1v) is 7.06. The second-order valence-corrected chi connectivity index (χ2v) is 5.16. The summed E-state index contributed by atoms with van der Waals surface area (Å²) in [5.41, 5.74) is 1.56. The molecule has 1 aromatic carbocycles. The van der Waals surface area contributed by atoms with Crippen LogP contribution in [0.25, 0.3) is 0 Å². The third kappa shape index (κ3) is 2.48. The van der Waals surface area contributed by atoms with Gasteiger partial charge < -0.3 is 15.0 Å². The van der Waals surface area contributed by atoms with E-state index >= 15 is 0 Å². The largest absolute Gasteiger partial charge is 0.483 e. The minimum atomic E-state index is -0.0671. The van der Waals surface area contributed by atoms with Crippen molar-refractivity contribution in [2.24, 2.45) is 0 Å². The molecule has 20 heavy (non-hydrogen) atoms. The normalized spacial score (nSPS) is 17.6. The van der Waals surface area contributed by atoms with Crippen LogP contribution in [0.3, 0.4) is 0 Å². The second kappa shape index (κ2) is 5.53. The molecule has 0 saturated carbocycles. The number of benzene rings is 1. The fourth-order valence-corrected chi connectivity index (χ4v) is 2.77. The van der Waals surface area contributed by atoms with Crippen LogP contribution in [-0.2, 0) is 11.2 Å². The van der Waals surface area contributed by atoms with Crippen molar-refractivity contribution < 1.29 is 14.3 Å². The van der Waals surface area contributed by atoms with Gasteiger partial charge in [-0.25, -0.2) is 0 Å². The van der Waals surface area contributed by atoms with Crippen LogP contribution in [0.2, 0.25) is 0 Å². The molecule has 0 spiro atoms. The van der Waals surface area contributed by atoms with Crippen LogP contribution in [0.5, 0.6) is 5.75 Å². The molecule has 0 bridgehead atoms. The molecule has 0 radical (unpaired) electrons. The summed E-state index contributed by atoms with van der Waals surface area (Å²) in [5.74, 6) is 0.618. The number of likely N-dealkylation sites (tertiary alicyclic amines) is 1. The van der Waals surface area contributed by atoms with Crippen LogP contribution < -0.4 is 10.1 Å². The van der Waals surface area contributed by atoms with Gasteiger partial charge in [0.15, 0.2) is 6.61 Å². The maximum atomic E-state index is 12.0. The van der Waals surface area contributed by atoms with Gasteiger partial charge in [0.1, 0.15) is 5.75 Å². The number of nitrogens with zero attached hydrogens (tertiary/aromatic N) is 1. The molecule has 2 amide bonds. The van der Waals surface area contributed by atoms with E-state index in [0.717, 1.165) is 37.9 Å². The van der Waals surface area contributed by atoms with Gasteiger partial charge in [0, 0.05) is 30.8 Å². The number of ether oxygens (including phenoxy) is 1. The minimum Gasteiger partial charge on any atom is -0.483 e. The molecule has 2 aliphatic heterocycles. The van der Waals surface area contributed by atoms with Gasteiger partial charge >= 0.3 is 0 Å². The van der Waals surface area contributed by atoms with Crippen LogP contribution in [0.1, 0.15) is 28.8 Å². The fraction of sp³-hybridized carbons (Fsp3) is 0.467. The number of carbonyl (C=O) groups excluding carboxylic acids is 2. The van der Waals surface area contributed by atoms with Gasteiger partial charge in [-0.05, 0) is 31.4 Å². The topological polar surface area (TPSA) is 58.6 Å². The molecule has 1 saturated heterocycles. The van der Waals surface area contributed by atoms with E-state index in [1.165, 1.54) is 0 Å². The lowest BCUT2D eigenvalue weighted by atomic mass is 9.99. The Hall–Kier alpha value is -2.04. The average Bonchev–Trinajstić information content (AvgIpc) is 2.99. The molecule has 0 unspecified atom stereocenters. The number of fused-ring (bicyclic) bond motifs is 1. The zero-order valence-electron chi connectivity index (χ0n) is 11.4. The van der Waals surface area contributed by atoms with Crippen LogP contribution in [-0.4, -0.2) is 43.0 Å². The van der Waals surface area contributed by atoms with E-state index in [2.05, 4.69) is 5.32 Å². The van der Waals surface area contributed by atoms with E-state index in [0.29, 0.717) is 17.9 Å². The molecule has 2 aliphatic rings. The van der Waals surface area contributed by atoms with E-state index in [4.69, 9.17) is 4.74 Å². The Kier molecular flexibility index (Phi) is 3.58. The molecule has 1 aromatic rings. The predicted molar refractivity (Wildman–Crippen MR) is 73.8 cm³/mol. The van der Waals surface area contributed by atoms with Gasteiger partial charge in [-0.15, -0.1) is 0 Å². The zero-order chi connectivity index (χ0) is 13.9. The molecule has 3 rings (SSSR count). The number of hydrogen-bond donors (Lipinski definition) is 1. The van der Waals surface area contributed by atoms with E-state index < -0.39 is 0 Å². The first-order valence-electron chi connectivity index (χ1n) is 7.06. The minimum absolute atomic E-state index is 0.0281. The highest BCUT2D eigenvalue weighted by molar-refractivity contribution is 5.97. The molecule has 0 aromatic heterocycles. The van der Waals surface area contributed by atoms with Crippen molar-refractivity contribution in [3.63, 3.8) is 0 Å². The third-order valence-electron chi connectivity index (χ3n) is 3.85. The van der Waals surface area contributed by atoms with Gasteiger partial charge in [0.05, 0.1) is 0 Å². The molecular formula is C15H18N2O3. The van der Waals surface area contributed by atoms with Crippen molar-refractivity contribution in [1.29, 1.82) is 0 Å². The summed E-state index contributed by atoms with van der Waals surface area (Å²) in [6.07, 6.45) is 2.90. The number of rotatable bonds is 3. The second-order valence-electron chi connectivity index (χ2n) is 5.16. The lowest BCUT2D eigenvalue weighted by molar-refractivity contribution is -0.132. The summed E-state index contributed by atoms with van der Waals surface area (Å²) in [5, 5.41) is 2.81. The highest BCUT2D eigenvalue weighted by atomic mass is 16.5. The third-order valence-corrected chi connectivity index (χ3v) is 3.85.